The third kappa shape index (κ3) is 12.0. The number of Topliss-reactive ketones (excluding diaryl/α,β-unsaturated/α-hetero) is 1. The van der Waals surface area contributed by atoms with E-state index < -0.39 is 0 Å². The number of hydrogen-bond acceptors (Lipinski definition) is 1. The molecule has 0 aromatic carbocycles. The van der Waals surface area contributed by atoms with E-state index >= 15 is 0 Å². The molecule has 96 valence electrons. The van der Waals surface area contributed by atoms with Gasteiger partial charge in [0.05, 0.1) is 5.88 Å². The van der Waals surface area contributed by atoms with Crippen molar-refractivity contribution in [2.24, 2.45) is 0 Å². The van der Waals surface area contributed by atoms with Gasteiger partial charge >= 0.3 is 0 Å². The van der Waals surface area contributed by atoms with Crippen LogP contribution in [0.4, 0.5) is 0 Å². The van der Waals surface area contributed by atoms with Gasteiger partial charge in [0.2, 0.25) is 0 Å². The zero-order valence-electron chi connectivity index (χ0n) is 10.8. The molecule has 2 heteroatoms. The molecular formula is C14H27ClO. The minimum absolute atomic E-state index is 0.192. The topological polar surface area (TPSA) is 17.1 Å². The smallest absolute Gasteiger partial charge is 0.147 e. The maximum atomic E-state index is 10.9. The number of unbranched alkanes of at least 4 members (excludes halogenated alkanes) is 9. The fourth-order valence-corrected chi connectivity index (χ4v) is 2.01. The van der Waals surface area contributed by atoms with E-state index in [0.29, 0.717) is 6.42 Å². The lowest BCUT2D eigenvalue weighted by Crippen LogP contribution is -1.98. The van der Waals surface area contributed by atoms with Gasteiger partial charge in [-0.3, -0.25) is 4.79 Å². The first-order valence-electron chi connectivity index (χ1n) is 6.89. The molecule has 0 aromatic heterocycles. The monoisotopic (exact) mass is 246 g/mol. The van der Waals surface area contributed by atoms with E-state index in [-0.39, 0.29) is 11.7 Å². The molecule has 0 aromatic rings. The number of alkyl halides is 1. The van der Waals surface area contributed by atoms with E-state index in [1.165, 1.54) is 57.8 Å². The standard InChI is InChI=1S/C14H27ClO/c1-2-3-4-5-6-7-8-9-10-11-12-14(16)13-15/h2-13H2,1H3. The molecule has 0 fully saturated rings. The van der Waals surface area contributed by atoms with Crippen LogP contribution in [-0.2, 0) is 4.79 Å². The molecular weight excluding hydrogens is 220 g/mol. The summed E-state index contributed by atoms with van der Waals surface area (Å²) in [7, 11) is 0. The Morgan fingerprint density at radius 1 is 0.812 bits per heavy atom. The molecule has 0 amide bonds. The van der Waals surface area contributed by atoms with E-state index in [9.17, 15) is 4.79 Å². The van der Waals surface area contributed by atoms with Crippen LogP contribution in [-0.4, -0.2) is 11.7 Å². The molecule has 0 atom stereocenters. The van der Waals surface area contributed by atoms with Crippen molar-refractivity contribution in [2.75, 3.05) is 5.88 Å². The summed E-state index contributed by atoms with van der Waals surface area (Å²) in [6, 6.07) is 0. The number of ketones is 1. The third-order valence-corrected chi connectivity index (χ3v) is 3.26. The van der Waals surface area contributed by atoms with Crippen molar-refractivity contribution in [1.29, 1.82) is 0 Å². The molecule has 0 bridgehead atoms. The fourth-order valence-electron chi connectivity index (χ4n) is 1.88. The highest BCUT2D eigenvalue weighted by atomic mass is 35.5. The summed E-state index contributed by atoms with van der Waals surface area (Å²) in [6.07, 6.45) is 13.8. The summed E-state index contributed by atoms with van der Waals surface area (Å²) in [6.45, 7) is 2.25. The maximum absolute atomic E-state index is 10.9. The van der Waals surface area contributed by atoms with Gasteiger partial charge in [0.1, 0.15) is 5.78 Å². The van der Waals surface area contributed by atoms with Gasteiger partial charge in [-0.25, -0.2) is 0 Å². The molecule has 0 rings (SSSR count). The van der Waals surface area contributed by atoms with Crippen LogP contribution in [0, 0.1) is 0 Å². The molecule has 0 saturated heterocycles. The Morgan fingerprint density at radius 3 is 1.69 bits per heavy atom. The largest absolute Gasteiger partial charge is 0.298 e. The summed E-state index contributed by atoms with van der Waals surface area (Å²) >= 11 is 5.43. The van der Waals surface area contributed by atoms with Crippen molar-refractivity contribution < 1.29 is 4.79 Å². The van der Waals surface area contributed by atoms with Crippen LogP contribution < -0.4 is 0 Å². The molecule has 0 heterocycles. The van der Waals surface area contributed by atoms with E-state index in [0.717, 1.165) is 6.42 Å². The molecule has 1 nitrogen and oxygen atoms in total. The maximum Gasteiger partial charge on any atom is 0.147 e. The Bertz CT molecular complexity index is 157. The average molecular weight is 247 g/mol. The molecule has 0 N–H and O–H groups in total. The lowest BCUT2D eigenvalue weighted by molar-refractivity contribution is -0.116. The van der Waals surface area contributed by atoms with Crippen LogP contribution in [0.2, 0.25) is 0 Å². The van der Waals surface area contributed by atoms with Crippen molar-refractivity contribution in [2.45, 2.75) is 77.6 Å². The molecule has 0 aliphatic heterocycles. The van der Waals surface area contributed by atoms with Crippen molar-refractivity contribution in [3.8, 4) is 0 Å². The van der Waals surface area contributed by atoms with Crippen LogP contribution in [0.3, 0.4) is 0 Å². The average Bonchev–Trinajstić information content (AvgIpc) is 2.31. The Hall–Kier alpha value is -0.0400. The second-order valence-corrected chi connectivity index (χ2v) is 4.87. The Balaban J connectivity index is 2.96. The van der Waals surface area contributed by atoms with E-state index in [1.807, 2.05) is 0 Å². The second kappa shape index (κ2) is 13.0. The first-order valence-corrected chi connectivity index (χ1v) is 7.42. The van der Waals surface area contributed by atoms with E-state index in [1.54, 1.807) is 0 Å². The summed E-state index contributed by atoms with van der Waals surface area (Å²) in [5.41, 5.74) is 0. The minimum Gasteiger partial charge on any atom is -0.298 e. The van der Waals surface area contributed by atoms with Crippen LogP contribution in [0.1, 0.15) is 77.6 Å². The first-order chi connectivity index (χ1) is 7.81. The fraction of sp³-hybridized carbons (Fsp3) is 0.929. The van der Waals surface area contributed by atoms with Crippen molar-refractivity contribution in [3.63, 3.8) is 0 Å². The van der Waals surface area contributed by atoms with Gasteiger partial charge in [0.15, 0.2) is 0 Å². The van der Waals surface area contributed by atoms with Crippen molar-refractivity contribution >= 4 is 17.4 Å². The molecule has 0 radical (unpaired) electrons. The van der Waals surface area contributed by atoms with Gasteiger partial charge in [-0.1, -0.05) is 64.7 Å². The van der Waals surface area contributed by atoms with Gasteiger partial charge in [0.25, 0.3) is 0 Å². The second-order valence-electron chi connectivity index (χ2n) is 4.60. The number of carbonyl (C=O) groups is 1. The first kappa shape index (κ1) is 16.0. The van der Waals surface area contributed by atoms with Gasteiger partial charge in [-0.2, -0.15) is 0 Å². The highest BCUT2D eigenvalue weighted by molar-refractivity contribution is 6.27. The van der Waals surface area contributed by atoms with Crippen LogP contribution in [0.5, 0.6) is 0 Å². The van der Waals surface area contributed by atoms with E-state index in [4.69, 9.17) is 11.6 Å². The molecule has 0 aliphatic carbocycles. The highest BCUT2D eigenvalue weighted by Gasteiger charge is 1.98. The zero-order valence-corrected chi connectivity index (χ0v) is 11.5. The number of rotatable bonds is 12. The number of carbonyl (C=O) groups excluding carboxylic acids is 1. The van der Waals surface area contributed by atoms with Crippen LogP contribution in [0.15, 0.2) is 0 Å². The van der Waals surface area contributed by atoms with Gasteiger partial charge in [-0.15, -0.1) is 11.6 Å². The highest BCUT2D eigenvalue weighted by Crippen LogP contribution is 2.11. The summed E-state index contributed by atoms with van der Waals surface area (Å²) < 4.78 is 0. The molecule has 0 spiro atoms. The normalized spacial score (nSPS) is 10.6. The summed E-state index contributed by atoms with van der Waals surface area (Å²) in [5, 5.41) is 0. The lowest BCUT2D eigenvalue weighted by atomic mass is 10.1. The van der Waals surface area contributed by atoms with Crippen LogP contribution in [0.25, 0.3) is 0 Å². The van der Waals surface area contributed by atoms with Crippen LogP contribution >= 0.6 is 11.6 Å². The minimum atomic E-state index is 0.192. The number of halogens is 1. The van der Waals surface area contributed by atoms with Gasteiger partial charge < -0.3 is 0 Å². The number of hydrogen-bond donors (Lipinski definition) is 0. The van der Waals surface area contributed by atoms with Crippen molar-refractivity contribution in [1.82, 2.24) is 0 Å². The molecule has 0 unspecified atom stereocenters. The molecule has 16 heavy (non-hydrogen) atoms. The summed E-state index contributed by atoms with van der Waals surface area (Å²) in [4.78, 5) is 10.9. The molecule has 0 saturated carbocycles. The quantitative estimate of drug-likeness (QED) is 0.346. The predicted molar refractivity (Wildman–Crippen MR) is 72.2 cm³/mol. The Morgan fingerprint density at radius 2 is 1.25 bits per heavy atom. The Kier molecular flexibility index (Phi) is 13.0. The zero-order chi connectivity index (χ0) is 12.1. The van der Waals surface area contributed by atoms with Gasteiger partial charge in [0, 0.05) is 6.42 Å². The lowest BCUT2D eigenvalue weighted by Gasteiger charge is -2.01. The predicted octanol–water partition coefficient (Wildman–Crippen LogP) is 5.11. The van der Waals surface area contributed by atoms with E-state index in [2.05, 4.69) is 6.92 Å². The SMILES string of the molecule is CCCCCCCCCCCCC(=O)CCl. The van der Waals surface area contributed by atoms with Gasteiger partial charge in [-0.05, 0) is 6.42 Å². The summed E-state index contributed by atoms with van der Waals surface area (Å²) in [5.74, 6) is 0.387. The molecule has 0 aliphatic rings. The van der Waals surface area contributed by atoms with Crippen molar-refractivity contribution in [3.05, 3.63) is 0 Å². The third-order valence-electron chi connectivity index (χ3n) is 2.96. The Labute approximate surface area is 106 Å².